The monoisotopic (exact) mass is 454 g/mol. The van der Waals surface area contributed by atoms with E-state index in [1.54, 1.807) is 0 Å². The molecule has 0 radical (unpaired) electrons. The molecule has 6 heteroatoms. The third-order valence-electron chi connectivity index (χ3n) is 5.93. The molecule has 1 heterocycles. The Hall–Kier alpha value is -2.04. The second-order valence-electron chi connectivity index (χ2n) is 8.53. The van der Waals surface area contributed by atoms with E-state index in [0.29, 0.717) is 13.0 Å². The number of nitrogens with one attached hydrogen (secondary N) is 1. The first-order valence-electron chi connectivity index (χ1n) is 11.6. The topological polar surface area (TPSA) is 82.5 Å². The Bertz CT molecular complexity index is 1050. The molecule has 0 bridgehead atoms. The van der Waals surface area contributed by atoms with Gasteiger partial charge in [-0.05, 0) is 61.1 Å². The van der Waals surface area contributed by atoms with Crippen LogP contribution in [0.15, 0.2) is 54.7 Å². The van der Waals surface area contributed by atoms with Crippen molar-refractivity contribution in [3.63, 3.8) is 0 Å². The SMILES string of the molecule is CCCCCCc1ccc(-c2ccc(C(C)NCCCP(=O)(O)O)c3ncccc23)cc1. The van der Waals surface area contributed by atoms with Crippen molar-refractivity contribution in [2.24, 2.45) is 0 Å². The summed E-state index contributed by atoms with van der Waals surface area (Å²) in [5, 5.41) is 4.49. The largest absolute Gasteiger partial charge is 0.325 e. The van der Waals surface area contributed by atoms with Crippen molar-refractivity contribution in [1.82, 2.24) is 10.3 Å². The number of unbranched alkanes of at least 4 members (excludes halogenated alkanes) is 3. The van der Waals surface area contributed by atoms with Gasteiger partial charge in [-0.15, -0.1) is 0 Å². The average Bonchev–Trinajstić information content (AvgIpc) is 2.78. The van der Waals surface area contributed by atoms with Gasteiger partial charge in [-0.1, -0.05) is 68.7 Å². The fourth-order valence-electron chi connectivity index (χ4n) is 4.12. The molecule has 0 aliphatic rings. The summed E-state index contributed by atoms with van der Waals surface area (Å²) in [7, 11) is -3.94. The van der Waals surface area contributed by atoms with Gasteiger partial charge in [-0.2, -0.15) is 0 Å². The van der Waals surface area contributed by atoms with E-state index in [0.717, 1.165) is 22.9 Å². The lowest BCUT2D eigenvalue weighted by Crippen LogP contribution is -2.21. The quantitative estimate of drug-likeness (QED) is 0.223. The highest BCUT2D eigenvalue weighted by Crippen LogP contribution is 2.35. The van der Waals surface area contributed by atoms with E-state index in [-0.39, 0.29) is 12.2 Å². The third-order valence-corrected chi connectivity index (χ3v) is 6.83. The van der Waals surface area contributed by atoms with Crippen molar-refractivity contribution in [3.8, 4) is 11.1 Å². The molecule has 3 N–H and O–H groups in total. The minimum Gasteiger partial charge on any atom is -0.324 e. The molecule has 0 fully saturated rings. The van der Waals surface area contributed by atoms with Gasteiger partial charge in [0, 0.05) is 17.6 Å². The first-order chi connectivity index (χ1) is 15.4. The van der Waals surface area contributed by atoms with Crippen LogP contribution in [0.1, 0.15) is 63.1 Å². The van der Waals surface area contributed by atoms with Crippen LogP contribution in [0.25, 0.3) is 22.0 Å². The molecule has 0 aliphatic carbocycles. The van der Waals surface area contributed by atoms with Gasteiger partial charge in [0.15, 0.2) is 0 Å². The normalized spacial score (nSPS) is 12.9. The summed E-state index contributed by atoms with van der Waals surface area (Å²) in [4.78, 5) is 22.7. The standard InChI is InChI=1S/C26H35N2O3P/c1-3-4-5-6-9-21-11-13-22(14-12-21)24-16-15-23(26-25(24)10-7-17-28-26)20(2)27-18-8-19-32(29,30)31/h7,10-17,20,27H,3-6,8-9,18-19H2,1-2H3,(H2,29,30,31). The Morgan fingerprint density at radius 2 is 1.78 bits per heavy atom. The zero-order valence-electron chi connectivity index (χ0n) is 19.1. The minimum absolute atomic E-state index is 0.0312. The van der Waals surface area contributed by atoms with Crippen molar-refractivity contribution >= 4 is 18.5 Å². The van der Waals surface area contributed by atoms with Crippen molar-refractivity contribution in [3.05, 3.63) is 65.9 Å². The lowest BCUT2D eigenvalue weighted by atomic mass is 9.94. The summed E-state index contributed by atoms with van der Waals surface area (Å²) in [5.74, 6) is 0. The Labute approximate surface area is 191 Å². The number of hydrogen-bond donors (Lipinski definition) is 3. The molecule has 0 amide bonds. The molecule has 3 rings (SSSR count). The van der Waals surface area contributed by atoms with Crippen LogP contribution in [0, 0.1) is 0 Å². The lowest BCUT2D eigenvalue weighted by Gasteiger charge is -2.18. The number of fused-ring (bicyclic) bond motifs is 1. The Kier molecular flexibility index (Phi) is 9.01. The zero-order valence-corrected chi connectivity index (χ0v) is 20.0. The predicted molar refractivity (Wildman–Crippen MR) is 133 cm³/mol. The zero-order chi connectivity index (χ0) is 23.0. The highest BCUT2D eigenvalue weighted by atomic mass is 31.2. The Balaban J connectivity index is 1.75. The molecule has 0 saturated carbocycles. The first-order valence-corrected chi connectivity index (χ1v) is 13.4. The van der Waals surface area contributed by atoms with E-state index in [2.05, 4.69) is 66.6 Å². The molecule has 32 heavy (non-hydrogen) atoms. The van der Waals surface area contributed by atoms with E-state index in [1.165, 1.54) is 42.4 Å². The summed E-state index contributed by atoms with van der Waals surface area (Å²) in [5.41, 5.74) is 5.80. The summed E-state index contributed by atoms with van der Waals surface area (Å²) in [6.45, 7) is 4.85. The maximum Gasteiger partial charge on any atom is 0.325 e. The number of pyridine rings is 1. The van der Waals surface area contributed by atoms with Gasteiger partial charge in [-0.25, -0.2) is 0 Å². The minimum atomic E-state index is -3.94. The van der Waals surface area contributed by atoms with Gasteiger partial charge in [0.1, 0.15) is 0 Å². The number of benzene rings is 2. The highest BCUT2D eigenvalue weighted by molar-refractivity contribution is 7.51. The van der Waals surface area contributed by atoms with Crippen molar-refractivity contribution in [2.45, 2.75) is 58.4 Å². The summed E-state index contributed by atoms with van der Waals surface area (Å²) >= 11 is 0. The molecule has 3 aromatic rings. The third kappa shape index (κ3) is 6.98. The summed E-state index contributed by atoms with van der Waals surface area (Å²) in [6, 6.07) is 17.3. The number of hydrogen-bond acceptors (Lipinski definition) is 3. The van der Waals surface area contributed by atoms with Crippen LogP contribution in [0.3, 0.4) is 0 Å². The van der Waals surface area contributed by atoms with Gasteiger partial charge < -0.3 is 15.1 Å². The number of rotatable bonds is 12. The molecular formula is C26H35N2O3P. The molecule has 0 spiro atoms. The lowest BCUT2D eigenvalue weighted by molar-refractivity contribution is 0.370. The molecule has 2 aromatic carbocycles. The van der Waals surface area contributed by atoms with Crippen LogP contribution < -0.4 is 5.32 Å². The molecular weight excluding hydrogens is 419 g/mol. The number of nitrogens with zero attached hydrogens (tertiary/aromatic N) is 1. The number of aryl methyl sites for hydroxylation is 1. The van der Waals surface area contributed by atoms with Crippen molar-refractivity contribution in [1.29, 1.82) is 0 Å². The van der Waals surface area contributed by atoms with Crippen molar-refractivity contribution in [2.75, 3.05) is 12.7 Å². The highest BCUT2D eigenvalue weighted by Gasteiger charge is 2.15. The van der Waals surface area contributed by atoms with Crippen LogP contribution in [0.5, 0.6) is 0 Å². The van der Waals surface area contributed by atoms with Crippen LogP contribution in [0.2, 0.25) is 0 Å². The van der Waals surface area contributed by atoms with Gasteiger partial charge >= 0.3 is 7.60 Å². The average molecular weight is 455 g/mol. The van der Waals surface area contributed by atoms with E-state index in [9.17, 15) is 4.57 Å². The fourth-order valence-corrected chi connectivity index (χ4v) is 4.69. The molecule has 0 saturated heterocycles. The van der Waals surface area contributed by atoms with E-state index < -0.39 is 7.60 Å². The van der Waals surface area contributed by atoms with Crippen LogP contribution >= 0.6 is 7.60 Å². The van der Waals surface area contributed by atoms with E-state index in [4.69, 9.17) is 9.79 Å². The van der Waals surface area contributed by atoms with Gasteiger partial charge in [0.05, 0.1) is 11.7 Å². The van der Waals surface area contributed by atoms with E-state index in [1.807, 2.05) is 12.3 Å². The fraction of sp³-hybridized carbons (Fsp3) is 0.423. The second-order valence-corrected chi connectivity index (χ2v) is 10.3. The smallest absolute Gasteiger partial charge is 0.324 e. The maximum absolute atomic E-state index is 11.0. The molecule has 0 aliphatic heterocycles. The molecule has 1 atom stereocenters. The van der Waals surface area contributed by atoms with Crippen LogP contribution in [-0.4, -0.2) is 27.5 Å². The van der Waals surface area contributed by atoms with Crippen molar-refractivity contribution < 1.29 is 14.4 Å². The molecule has 172 valence electrons. The van der Waals surface area contributed by atoms with Gasteiger partial charge in [0.25, 0.3) is 0 Å². The predicted octanol–water partition coefficient (Wildman–Crippen LogP) is 6.24. The Morgan fingerprint density at radius 3 is 2.50 bits per heavy atom. The number of aromatic nitrogens is 1. The van der Waals surface area contributed by atoms with E-state index >= 15 is 0 Å². The molecule has 1 aromatic heterocycles. The van der Waals surface area contributed by atoms with Gasteiger partial charge in [0.2, 0.25) is 0 Å². The first kappa shape index (κ1) is 24.6. The summed E-state index contributed by atoms with van der Waals surface area (Å²) in [6.07, 6.45) is 8.39. The Morgan fingerprint density at radius 1 is 1.00 bits per heavy atom. The summed E-state index contributed by atoms with van der Waals surface area (Å²) < 4.78 is 11.0. The maximum atomic E-state index is 11.0. The molecule has 5 nitrogen and oxygen atoms in total. The van der Waals surface area contributed by atoms with Gasteiger partial charge in [-0.3, -0.25) is 9.55 Å². The molecule has 1 unspecified atom stereocenters. The second kappa shape index (κ2) is 11.7. The van der Waals surface area contributed by atoms with Crippen LogP contribution in [-0.2, 0) is 11.0 Å². The van der Waals surface area contributed by atoms with Crippen LogP contribution in [0.4, 0.5) is 0 Å².